The molecule has 0 aliphatic heterocycles. The molecule has 0 unspecified atom stereocenters. The van der Waals surface area contributed by atoms with Gasteiger partial charge in [-0.3, -0.25) is 0 Å². The van der Waals surface area contributed by atoms with Crippen LogP contribution >= 0.6 is 0 Å². The Hall–Kier alpha value is -2.29. The van der Waals surface area contributed by atoms with Gasteiger partial charge >= 0.3 is 5.97 Å². The molecule has 0 saturated heterocycles. The van der Waals surface area contributed by atoms with Crippen LogP contribution in [-0.2, 0) is 6.42 Å². The number of esters is 1. The molecule has 0 atom stereocenters. The maximum atomic E-state index is 12.6. The molecule has 0 spiro atoms. The van der Waals surface area contributed by atoms with Crippen LogP contribution in [0.15, 0.2) is 48.5 Å². The van der Waals surface area contributed by atoms with Crippen molar-refractivity contribution in [3.8, 4) is 11.5 Å². The van der Waals surface area contributed by atoms with Crippen molar-refractivity contribution in [1.82, 2.24) is 0 Å². The summed E-state index contributed by atoms with van der Waals surface area (Å²) in [5.41, 5.74) is 1.88. The number of rotatable bonds is 20. The zero-order valence-electron chi connectivity index (χ0n) is 25.6. The highest BCUT2D eigenvalue weighted by Crippen LogP contribution is 2.34. The highest BCUT2D eigenvalue weighted by Gasteiger charge is 2.20. The zero-order valence-corrected chi connectivity index (χ0v) is 25.6. The van der Waals surface area contributed by atoms with Gasteiger partial charge in [0, 0.05) is 0 Å². The molecule has 222 valence electrons. The van der Waals surface area contributed by atoms with Gasteiger partial charge in [-0.2, -0.15) is 0 Å². The molecule has 1 fully saturated rings. The third-order valence-corrected chi connectivity index (χ3v) is 8.76. The fraction of sp³-hybridized carbons (Fsp3) is 0.649. The van der Waals surface area contributed by atoms with E-state index in [0.29, 0.717) is 11.3 Å². The summed E-state index contributed by atoms with van der Waals surface area (Å²) in [5, 5.41) is 0. The third kappa shape index (κ3) is 12.9. The second-order valence-electron chi connectivity index (χ2n) is 12.2. The molecule has 2 aromatic rings. The minimum absolute atomic E-state index is 0.325. The first-order chi connectivity index (χ1) is 19.7. The molecule has 3 heteroatoms. The van der Waals surface area contributed by atoms with E-state index in [1.54, 1.807) is 12.1 Å². The lowest BCUT2D eigenvalue weighted by atomic mass is 9.78. The van der Waals surface area contributed by atoms with E-state index in [2.05, 4.69) is 26.0 Å². The number of hydrogen-bond acceptors (Lipinski definition) is 3. The Morgan fingerprint density at radius 3 is 1.77 bits per heavy atom. The summed E-state index contributed by atoms with van der Waals surface area (Å²) in [7, 11) is 0. The molecular formula is C37H56O3. The van der Waals surface area contributed by atoms with Gasteiger partial charge in [0.1, 0.15) is 11.5 Å². The van der Waals surface area contributed by atoms with Crippen LogP contribution in [0.25, 0.3) is 0 Å². The van der Waals surface area contributed by atoms with Crippen LogP contribution in [0.3, 0.4) is 0 Å². The van der Waals surface area contributed by atoms with Crippen molar-refractivity contribution in [3.63, 3.8) is 0 Å². The number of hydrogen-bond donors (Lipinski definition) is 0. The molecule has 0 bridgehead atoms. The minimum atomic E-state index is -0.325. The molecule has 0 N–H and O–H groups in total. The minimum Gasteiger partial charge on any atom is -0.494 e. The van der Waals surface area contributed by atoms with Gasteiger partial charge < -0.3 is 9.47 Å². The van der Waals surface area contributed by atoms with E-state index in [9.17, 15) is 4.79 Å². The molecule has 1 saturated carbocycles. The van der Waals surface area contributed by atoms with Gasteiger partial charge in [0.15, 0.2) is 0 Å². The Kier molecular flexibility index (Phi) is 15.9. The average molecular weight is 549 g/mol. The lowest BCUT2D eigenvalue weighted by Crippen LogP contribution is -2.15. The lowest BCUT2D eigenvalue weighted by Gasteiger charge is -2.28. The van der Waals surface area contributed by atoms with Crippen molar-refractivity contribution in [2.75, 3.05) is 6.61 Å². The summed E-state index contributed by atoms with van der Waals surface area (Å²) in [6, 6.07) is 15.4. The van der Waals surface area contributed by atoms with Crippen molar-refractivity contribution < 1.29 is 14.3 Å². The molecule has 0 heterocycles. The zero-order chi connectivity index (χ0) is 28.3. The van der Waals surface area contributed by atoms with Gasteiger partial charge in [0.2, 0.25) is 0 Å². The molecule has 1 aliphatic carbocycles. The lowest BCUT2D eigenvalue weighted by molar-refractivity contribution is 0.0734. The summed E-state index contributed by atoms with van der Waals surface area (Å²) in [5.74, 6) is 2.94. The summed E-state index contributed by atoms with van der Waals surface area (Å²) in [4.78, 5) is 12.6. The van der Waals surface area contributed by atoms with Crippen molar-refractivity contribution in [3.05, 3.63) is 59.7 Å². The Balaban J connectivity index is 1.28. The first-order valence-electron chi connectivity index (χ1n) is 16.7. The van der Waals surface area contributed by atoms with Crippen LogP contribution in [0.1, 0.15) is 145 Å². The first-order valence-corrected chi connectivity index (χ1v) is 16.7. The molecule has 2 aromatic carbocycles. The summed E-state index contributed by atoms with van der Waals surface area (Å²) in [6.07, 6.45) is 25.4. The largest absolute Gasteiger partial charge is 0.494 e. The summed E-state index contributed by atoms with van der Waals surface area (Å²) < 4.78 is 11.5. The molecule has 3 rings (SSSR count). The van der Waals surface area contributed by atoms with Gasteiger partial charge in [-0.1, -0.05) is 129 Å². The van der Waals surface area contributed by atoms with E-state index >= 15 is 0 Å². The number of aryl methyl sites for hydroxylation is 1. The van der Waals surface area contributed by atoms with Crippen molar-refractivity contribution in [1.29, 1.82) is 0 Å². The van der Waals surface area contributed by atoms with Gasteiger partial charge in [-0.15, -0.1) is 0 Å². The molecule has 40 heavy (non-hydrogen) atoms. The maximum Gasteiger partial charge on any atom is 0.343 e. The topological polar surface area (TPSA) is 35.5 Å². The molecule has 0 amide bonds. The monoisotopic (exact) mass is 548 g/mol. The highest BCUT2D eigenvalue weighted by atomic mass is 16.5. The second kappa shape index (κ2) is 19.7. The van der Waals surface area contributed by atoms with Crippen LogP contribution in [0.4, 0.5) is 0 Å². The van der Waals surface area contributed by atoms with E-state index in [-0.39, 0.29) is 5.97 Å². The van der Waals surface area contributed by atoms with Gasteiger partial charge in [-0.05, 0) is 73.1 Å². The van der Waals surface area contributed by atoms with Crippen molar-refractivity contribution in [2.24, 2.45) is 11.8 Å². The van der Waals surface area contributed by atoms with Gasteiger partial charge in [0.05, 0.1) is 12.2 Å². The Labute approximate surface area is 245 Å². The predicted octanol–water partition coefficient (Wildman–Crippen LogP) is 11.1. The van der Waals surface area contributed by atoms with Crippen LogP contribution in [0, 0.1) is 11.8 Å². The quantitative estimate of drug-likeness (QED) is 0.0937. The van der Waals surface area contributed by atoms with Gasteiger partial charge in [-0.25, -0.2) is 4.79 Å². The Morgan fingerprint density at radius 1 is 0.625 bits per heavy atom. The van der Waals surface area contributed by atoms with E-state index in [4.69, 9.17) is 9.47 Å². The maximum absolute atomic E-state index is 12.6. The van der Waals surface area contributed by atoms with Crippen LogP contribution in [-0.4, -0.2) is 12.6 Å². The molecule has 0 aromatic heterocycles. The fourth-order valence-electron chi connectivity index (χ4n) is 6.04. The molecule has 0 radical (unpaired) electrons. The van der Waals surface area contributed by atoms with Crippen molar-refractivity contribution >= 4 is 5.97 Å². The Bertz CT molecular complexity index is 909. The molecule has 1 aliphatic rings. The third-order valence-electron chi connectivity index (χ3n) is 8.76. The van der Waals surface area contributed by atoms with E-state index in [1.165, 1.54) is 115 Å². The van der Waals surface area contributed by atoms with Crippen molar-refractivity contribution in [2.45, 2.75) is 136 Å². The van der Waals surface area contributed by atoms with E-state index in [0.717, 1.165) is 37.0 Å². The molecular weight excluding hydrogens is 492 g/mol. The Morgan fingerprint density at radius 2 is 1.15 bits per heavy atom. The van der Waals surface area contributed by atoms with E-state index < -0.39 is 0 Å². The SMILES string of the molecule is CCCCCCCCCCCOc1ccc(C(=O)Oc2ccc(CC[C@H]3CC[C@H](CCCCC)CC3)cc2)cc1. The number of carbonyl (C=O) groups is 1. The van der Waals surface area contributed by atoms with Crippen LogP contribution < -0.4 is 9.47 Å². The predicted molar refractivity (Wildman–Crippen MR) is 168 cm³/mol. The average Bonchev–Trinajstić information content (AvgIpc) is 2.99. The summed E-state index contributed by atoms with van der Waals surface area (Å²) in [6.45, 7) is 5.28. The van der Waals surface area contributed by atoms with E-state index in [1.807, 2.05) is 24.3 Å². The first kappa shape index (κ1) is 32.2. The smallest absolute Gasteiger partial charge is 0.343 e. The van der Waals surface area contributed by atoms with Gasteiger partial charge in [0.25, 0.3) is 0 Å². The number of ether oxygens (including phenoxy) is 2. The van der Waals surface area contributed by atoms with Crippen LogP contribution in [0.2, 0.25) is 0 Å². The molecule has 3 nitrogen and oxygen atoms in total. The fourth-order valence-corrected chi connectivity index (χ4v) is 6.04. The second-order valence-corrected chi connectivity index (χ2v) is 12.2. The summed E-state index contributed by atoms with van der Waals surface area (Å²) >= 11 is 0. The number of unbranched alkanes of at least 4 members (excludes halogenated alkanes) is 10. The number of benzene rings is 2. The van der Waals surface area contributed by atoms with Crippen LogP contribution in [0.5, 0.6) is 11.5 Å². The number of carbonyl (C=O) groups excluding carboxylic acids is 1. The standard InChI is InChI=1S/C37H56O3/c1-3-5-7-8-9-10-11-12-14-30-39-35-28-24-34(25-29-35)37(38)40-36-26-22-33(23-27-36)21-20-32-18-16-31(17-19-32)15-13-6-4-2/h22-29,31-32H,3-21,30H2,1-2H3/t31-,32-. The highest BCUT2D eigenvalue weighted by molar-refractivity contribution is 5.91. The normalized spacial score (nSPS) is 17.1.